The van der Waals surface area contributed by atoms with Gasteiger partial charge in [0, 0.05) is 18.5 Å². The quantitative estimate of drug-likeness (QED) is 0.492. The van der Waals surface area contributed by atoms with E-state index in [4.69, 9.17) is 13.9 Å². The number of rotatable bonds is 7. The Morgan fingerprint density at radius 3 is 2.49 bits per heavy atom. The monoisotopic (exact) mass is 497 g/mol. The molecule has 1 aliphatic rings. The lowest BCUT2D eigenvalue weighted by atomic mass is 9.98. The number of hydrogen-bond acceptors (Lipinski definition) is 8. The number of amides is 1. The maximum atomic E-state index is 12.9. The molecule has 0 unspecified atom stereocenters. The molecule has 0 aliphatic carbocycles. The number of esters is 1. The van der Waals surface area contributed by atoms with Gasteiger partial charge in [-0.05, 0) is 49.2 Å². The van der Waals surface area contributed by atoms with Crippen LogP contribution in [0.1, 0.15) is 18.6 Å². The Bertz CT molecular complexity index is 1380. The van der Waals surface area contributed by atoms with E-state index in [-0.39, 0.29) is 42.3 Å². The van der Waals surface area contributed by atoms with Crippen LogP contribution in [0.2, 0.25) is 0 Å². The molecule has 2 heterocycles. The van der Waals surface area contributed by atoms with Crippen molar-refractivity contribution in [1.29, 1.82) is 5.26 Å². The van der Waals surface area contributed by atoms with Gasteiger partial charge in [0.05, 0.1) is 17.9 Å². The van der Waals surface area contributed by atoms with Crippen LogP contribution in [0.15, 0.2) is 57.8 Å². The van der Waals surface area contributed by atoms with Crippen molar-refractivity contribution in [2.24, 2.45) is 5.92 Å². The van der Waals surface area contributed by atoms with Crippen LogP contribution < -0.4 is 10.1 Å². The molecule has 0 bridgehead atoms. The molecule has 1 fully saturated rings. The van der Waals surface area contributed by atoms with E-state index in [1.54, 1.807) is 36.4 Å². The molecule has 35 heavy (non-hydrogen) atoms. The highest BCUT2D eigenvalue weighted by Gasteiger charge is 2.33. The summed E-state index contributed by atoms with van der Waals surface area (Å²) >= 11 is 0. The van der Waals surface area contributed by atoms with E-state index >= 15 is 0 Å². The van der Waals surface area contributed by atoms with Crippen LogP contribution in [0.4, 0.5) is 5.69 Å². The molecule has 11 heteroatoms. The van der Waals surface area contributed by atoms with Gasteiger partial charge in [0.25, 0.3) is 5.91 Å². The zero-order chi connectivity index (χ0) is 25.0. The minimum atomic E-state index is -3.69. The third-order valence-corrected chi connectivity index (χ3v) is 7.70. The van der Waals surface area contributed by atoms with E-state index in [2.05, 4.69) is 5.32 Å². The minimum Gasteiger partial charge on any atom is -0.497 e. The normalized spacial score (nSPS) is 14.9. The summed E-state index contributed by atoms with van der Waals surface area (Å²) in [6.45, 7) is -0.215. The molecule has 1 aromatic heterocycles. The molecule has 0 spiro atoms. The Balaban J connectivity index is 1.30. The molecule has 2 aromatic carbocycles. The average Bonchev–Trinajstić information content (AvgIpc) is 3.24. The number of para-hydroxylation sites is 1. The second kappa shape index (κ2) is 10.2. The zero-order valence-corrected chi connectivity index (χ0v) is 19.7. The highest BCUT2D eigenvalue weighted by atomic mass is 32.2. The van der Waals surface area contributed by atoms with Crippen molar-refractivity contribution in [2.75, 3.05) is 32.1 Å². The summed E-state index contributed by atoms with van der Waals surface area (Å²) in [5, 5.41) is 12.4. The number of nitrogens with one attached hydrogen (secondary N) is 1. The van der Waals surface area contributed by atoms with Crippen molar-refractivity contribution in [1.82, 2.24) is 4.31 Å². The van der Waals surface area contributed by atoms with Gasteiger partial charge in [-0.1, -0.05) is 12.1 Å². The number of piperidine rings is 1. The lowest BCUT2D eigenvalue weighted by Crippen LogP contribution is -2.40. The second-order valence-electron chi connectivity index (χ2n) is 7.92. The maximum Gasteiger partial charge on any atom is 0.309 e. The number of sulfonamides is 1. The number of carbonyl (C=O) groups excluding carboxylic acids is 2. The number of furan rings is 1. The summed E-state index contributed by atoms with van der Waals surface area (Å²) in [7, 11) is -2.19. The molecular formula is C24H23N3O7S. The maximum absolute atomic E-state index is 12.9. The molecule has 0 saturated carbocycles. The van der Waals surface area contributed by atoms with Crippen molar-refractivity contribution in [3.8, 4) is 11.8 Å². The average molecular weight is 498 g/mol. The fourth-order valence-corrected chi connectivity index (χ4v) is 5.38. The van der Waals surface area contributed by atoms with E-state index < -0.39 is 34.4 Å². The van der Waals surface area contributed by atoms with Crippen LogP contribution in [0, 0.1) is 17.2 Å². The van der Waals surface area contributed by atoms with E-state index in [0.717, 1.165) is 0 Å². The Hall–Kier alpha value is -3.88. The third kappa shape index (κ3) is 5.13. The van der Waals surface area contributed by atoms with Gasteiger partial charge in [-0.15, -0.1) is 0 Å². The first kappa shape index (κ1) is 24.3. The number of nitrogens with zero attached hydrogens (tertiary/aromatic N) is 2. The number of benzene rings is 2. The van der Waals surface area contributed by atoms with Gasteiger partial charge in [-0.25, -0.2) is 8.42 Å². The number of hydrogen-bond donors (Lipinski definition) is 1. The third-order valence-electron chi connectivity index (χ3n) is 5.79. The van der Waals surface area contributed by atoms with Gasteiger partial charge in [0.2, 0.25) is 15.8 Å². The number of nitriles is 1. The summed E-state index contributed by atoms with van der Waals surface area (Å²) in [5.41, 5.74) is 0.675. The van der Waals surface area contributed by atoms with Crippen LogP contribution >= 0.6 is 0 Å². The summed E-state index contributed by atoms with van der Waals surface area (Å²) < 4.78 is 42.7. The highest BCUT2D eigenvalue weighted by Crippen LogP contribution is 2.30. The van der Waals surface area contributed by atoms with E-state index in [9.17, 15) is 23.3 Å². The van der Waals surface area contributed by atoms with Gasteiger partial charge < -0.3 is 19.2 Å². The Morgan fingerprint density at radius 2 is 1.83 bits per heavy atom. The molecule has 1 saturated heterocycles. The first-order valence-electron chi connectivity index (χ1n) is 10.9. The minimum absolute atomic E-state index is 0.0451. The number of methoxy groups -OCH3 is 1. The van der Waals surface area contributed by atoms with Crippen LogP contribution in [0.5, 0.6) is 5.75 Å². The summed E-state index contributed by atoms with van der Waals surface area (Å²) in [5.74, 6) is -1.19. The summed E-state index contributed by atoms with van der Waals surface area (Å²) in [6, 6.07) is 14.9. The molecule has 0 atom stereocenters. The zero-order valence-electron chi connectivity index (χ0n) is 18.9. The Morgan fingerprint density at radius 1 is 1.14 bits per heavy atom. The molecule has 1 N–H and O–H groups in total. The van der Waals surface area contributed by atoms with E-state index in [1.165, 1.54) is 23.5 Å². The lowest BCUT2D eigenvalue weighted by molar-refractivity contribution is -0.152. The first-order valence-corrected chi connectivity index (χ1v) is 12.3. The summed E-state index contributed by atoms with van der Waals surface area (Å²) in [4.78, 5) is 25.0. The van der Waals surface area contributed by atoms with Crippen molar-refractivity contribution in [3.63, 3.8) is 0 Å². The fourth-order valence-electron chi connectivity index (χ4n) is 3.91. The van der Waals surface area contributed by atoms with E-state index in [0.29, 0.717) is 16.7 Å². The van der Waals surface area contributed by atoms with Crippen molar-refractivity contribution >= 4 is 38.6 Å². The summed E-state index contributed by atoms with van der Waals surface area (Å²) in [6.07, 6.45) is 0.557. The van der Waals surface area contributed by atoms with Crippen molar-refractivity contribution in [2.45, 2.75) is 17.7 Å². The van der Waals surface area contributed by atoms with Gasteiger partial charge in [-0.3, -0.25) is 9.59 Å². The van der Waals surface area contributed by atoms with E-state index in [1.807, 2.05) is 6.07 Å². The van der Waals surface area contributed by atoms with Crippen molar-refractivity contribution in [3.05, 3.63) is 54.3 Å². The van der Waals surface area contributed by atoms with Crippen LogP contribution in [0.3, 0.4) is 0 Å². The van der Waals surface area contributed by atoms with Crippen LogP contribution in [-0.2, 0) is 24.3 Å². The molecule has 1 aliphatic heterocycles. The Labute approximate surface area is 202 Å². The molecule has 10 nitrogen and oxygen atoms in total. The molecule has 0 radical (unpaired) electrons. The van der Waals surface area contributed by atoms with Gasteiger partial charge in [0.1, 0.15) is 23.1 Å². The molecule has 4 rings (SSSR count). The molecule has 182 valence electrons. The standard InChI is InChI=1S/C24H23N3O7S/c1-32-17-6-8-18(9-7-17)35(30,31)27-12-10-16(11-13-27)24(29)33-15-22(28)26-23-19-4-2-3-5-20(19)34-21(23)14-25/h2-9,16H,10-13,15H2,1H3,(H,26,28). The molecule has 3 aromatic rings. The van der Waals surface area contributed by atoms with Crippen LogP contribution in [0.25, 0.3) is 11.0 Å². The number of fused-ring (bicyclic) bond motifs is 1. The molecular weight excluding hydrogens is 474 g/mol. The fraction of sp³-hybridized carbons (Fsp3) is 0.292. The van der Waals surface area contributed by atoms with Gasteiger partial charge in [0.15, 0.2) is 6.61 Å². The number of carbonyl (C=O) groups is 2. The second-order valence-corrected chi connectivity index (χ2v) is 9.86. The smallest absolute Gasteiger partial charge is 0.309 e. The topological polar surface area (TPSA) is 139 Å². The SMILES string of the molecule is COc1ccc(S(=O)(=O)N2CCC(C(=O)OCC(=O)Nc3c(C#N)oc4ccccc34)CC2)cc1. The van der Waals surface area contributed by atoms with Crippen LogP contribution in [-0.4, -0.2) is 51.4 Å². The molecule has 1 amide bonds. The van der Waals surface area contributed by atoms with Crippen molar-refractivity contribution < 1.29 is 31.9 Å². The van der Waals surface area contributed by atoms with Gasteiger partial charge in [-0.2, -0.15) is 9.57 Å². The predicted molar refractivity (Wildman–Crippen MR) is 125 cm³/mol. The lowest BCUT2D eigenvalue weighted by Gasteiger charge is -2.30. The number of anilines is 1. The Kier molecular flexibility index (Phi) is 7.04. The predicted octanol–water partition coefficient (Wildman–Crippen LogP) is 2.90. The number of ether oxygens (including phenoxy) is 2. The largest absolute Gasteiger partial charge is 0.497 e. The van der Waals surface area contributed by atoms with Gasteiger partial charge >= 0.3 is 5.97 Å². The highest BCUT2D eigenvalue weighted by molar-refractivity contribution is 7.89. The first-order chi connectivity index (χ1) is 16.8.